The van der Waals surface area contributed by atoms with E-state index in [9.17, 15) is 9.59 Å². The van der Waals surface area contributed by atoms with E-state index in [0.717, 1.165) is 22.2 Å². The minimum atomic E-state index is -0.350. The lowest BCUT2D eigenvalue weighted by Gasteiger charge is -2.15. The molecule has 1 saturated heterocycles. The minimum Gasteiger partial charge on any atom is -0.454 e. The Kier molecular flexibility index (Phi) is 4.48. The molecule has 0 atom stereocenters. The number of halogens is 1. The summed E-state index contributed by atoms with van der Waals surface area (Å²) in [6, 6.07) is 12.5. The van der Waals surface area contributed by atoms with Gasteiger partial charge >= 0.3 is 0 Å². The Morgan fingerprint density at radius 3 is 2.81 bits per heavy atom. The molecule has 2 aromatic carbocycles. The molecule has 6 nitrogen and oxygen atoms in total. The predicted molar refractivity (Wildman–Crippen MR) is 100 cm³/mol. The molecule has 0 radical (unpaired) electrons. The third-order valence-electron chi connectivity index (χ3n) is 3.87. The van der Waals surface area contributed by atoms with Crippen molar-refractivity contribution < 1.29 is 19.1 Å². The zero-order chi connectivity index (χ0) is 18.1. The molecule has 1 N–H and O–H groups in total. The number of carbonyl (C=O) groups excluding carboxylic acids is 2. The van der Waals surface area contributed by atoms with Crippen LogP contribution in [-0.2, 0) is 4.79 Å². The summed E-state index contributed by atoms with van der Waals surface area (Å²) in [4.78, 5) is 26.2. The quantitative estimate of drug-likeness (QED) is 0.793. The zero-order valence-electron chi connectivity index (χ0n) is 13.4. The molecule has 0 unspecified atom stereocenters. The Bertz CT molecular complexity index is 931. The molecule has 2 aliphatic heterocycles. The number of ether oxygens (including phenoxy) is 2. The number of benzene rings is 2. The molecule has 8 heteroatoms. The Balaban J connectivity index is 1.49. The summed E-state index contributed by atoms with van der Waals surface area (Å²) in [6.07, 6.45) is 1.67. The molecule has 132 valence electrons. The summed E-state index contributed by atoms with van der Waals surface area (Å²) in [6.45, 7) is 0.232. The van der Waals surface area contributed by atoms with Crippen LogP contribution >= 0.6 is 23.4 Å². The van der Waals surface area contributed by atoms with Gasteiger partial charge in [-0.1, -0.05) is 29.8 Å². The molecule has 0 saturated carbocycles. The van der Waals surface area contributed by atoms with E-state index >= 15 is 0 Å². The van der Waals surface area contributed by atoms with Crippen molar-refractivity contribution in [2.75, 3.05) is 18.8 Å². The van der Waals surface area contributed by atoms with Gasteiger partial charge in [0.25, 0.3) is 11.1 Å². The maximum absolute atomic E-state index is 12.5. The summed E-state index contributed by atoms with van der Waals surface area (Å²) >= 11 is 6.98. The summed E-state index contributed by atoms with van der Waals surface area (Å²) in [5.41, 5.74) is 1.42. The Morgan fingerprint density at radius 2 is 1.96 bits per heavy atom. The van der Waals surface area contributed by atoms with Gasteiger partial charge < -0.3 is 14.8 Å². The fraction of sp³-hybridized carbons (Fsp3) is 0.111. The highest BCUT2D eigenvalue weighted by Gasteiger charge is 2.35. The first-order valence-electron chi connectivity index (χ1n) is 7.75. The second-order valence-corrected chi connectivity index (χ2v) is 6.94. The highest BCUT2D eigenvalue weighted by Crippen LogP contribution is 2.36. The van der Waals surface area contributed by atoms with Crippen molar-refractivity contribution in [2.24, 2.45) is 0 Å². The summed E-state index contributed by atoms with van der Waals surface area (Å²) < 4.78 is 10.6. The summed E-state index contributed by atoms with van der Waals surface area (Å²) in [7, 11) is 0. The number of nitrogens with zero attached hydrogens (tertiary/aromatic N) is 1. The van der Waals surface area contributed by atoms with Gasteiger partial charge in [0.15, 0.2) is 11.5 Å². The van der Waals surface area contributed by atoms with E-state index < -0.39 is 0 Å². The van der Waals surface area contributed by atoms with Crippen LogP contribution in [0, 0.1) is 0 Å². The normalized spacial score (nSPS) is 17.3. The molecule has 0 bridgehead atoms. The number of imide groups is 1. The lowest BCUT2D eigenvalue weighted by Crippen LogP contribution is -2.33. The van der Waals surface area contributed by atoms with Crippen LogP contribution < -0.4 is 14.8 Å². The second kappa shape index (κ2) is 6.93. The van der Waals surface area contributed by atoms with Crippen LogP contribution in [-0.4, -0.2) is 29.5 Å². The highest BCUT2D eigenvalue weighted by atomic mass is 35.5. The Morgan fingerprint density at radius 1 is 1.15 bits per heavy atom. The fourth-order valence-corrected chi connectivity index (χ4v) is 3.60. The minimum absolute atomic E-state index is 0.0485. The smallest absolute Gasteiger partial charge is 0.295 e. The van der Waals surface area contributed by atoms with E-state index in [4.69, 9.17) is 21.1 Å². The molecule has 0 aliphatic carbocycles. The van der Waals surface area contributed by atoms with Crippen molar-refractivity contribution in [3.8, 4) is 11.5 Å². The Hall–Kier alpha value is -2.64. The lowest BCUT2D eigenvalue weighted by atomic mass is 10.2. The zero-order valence-corrected chi connectivity index (χ0v) is 15.0. The van der Waals surface area contributed by atoms with Gasteiger partial charge in [-0.25, -0.2) is 0 Å². The highest BCUT2D eigenvalue weighted by molar-refractivity contribution is 8.18. The molecule has 4 rings (SSSR count). The number of thioether (sulfide) groups is 1. The maximum atomic E-state index is 12.5. The van der Waals surface area contributed by atoms with E-state index in [1.807, 2.05) is 18.2 Å². The molecule has 26 heavy (non-hydrogen) atoms. The molecule has 1 fully saturated rings. The average molecular weight is 389 g/mol. The number of rotatable bonds is 4. The van der Waals surface area contributed by atoms with Gasteiger partial charge in [0, 0.05) is 0 Å². The van der Waals surface area contributed by atoms with Crippen LogP contribution in [0.3, 0.4) is 0 Å². The van der Waals surface area contributed by atoms with Gasteiger partial charge in [0.1, 0.15) is 0 Å². The van der Waals surface area contributed by atoms with Gasteiger partial charge in [0.05, 0.1) is 22.3 Å². The first kappa shape index (κ1) is 16.8. The van der Waals surface area contributed by atoms with Crippen LogP contribution in [0.1, 0.15) is 5.56 Å². The molecular formula is C18H13ClN2O4S. The van der Waals surface area contributed by atoms with E-state index in [0.29, 0.717) is 27.1 Å². The molecule has 0 spiro atoms. The molecule has 2 aromatic rings. The third-order valence-corrected chi connectivity index (χ3v) is 5.11. The third kappa shape index (κ3) is 3.23. The number of amides is 2. The van der Waals surface area contributed by atoms with Crippen LogP contribution in [0.15, 0.2) is 47.4 Å². The molecule has 2 heterocycles. The first-order chi connectivity index (χ1) is 12.6. The summed E-state index contributed by atoms with van der Waals surface area (Å²) in [5.74, 6) is 0.940. The van der Waals surface area contributed by atoms with Crippen molar-refractivity contribution in [3.63, 3.8) is 0 Å². The fourth-order valence-electron chi connectivity index (χ4n) is 2.56. The molecule has 2 amide bonds. The van der Waals surface area contributed by atoms with Crippen molar-refractivity contribution in [1.29, 1.82) is 0 Å². The number of anilines is 1. The second-order valence-electron chi connectivity index (χ2n) is 5.54. The van der Waals surface area contributed by atoms with E-state index in [2.05, 4.69) is 5.32 Å². The number of hydrogen-bond donors (Lipinski definition) is 1. The molecule has 2 aliphatic rings. The number of nitrogens with one attached hydrogen (secondary N) is 1. The van der Waals surface area contributed by atoms with E-state index in [1.54, 1.807) is 30.3 Å². The Labute approximate surface area is 158 Å². The SMILES string of the molecule is O=C1S/C(=C\c2ccc3c(c2)OCO3)C(=O)N1CNc1ccccc1Cl. The van der Waals surface area contributed by atoms with Gasteiger partial charge in [-0.05, 0) is 47.7 Å². The standard InChI is InChI=1S/C18H13ClN2O4S/c19-12-3-1-2-4-13(12)20-9-21-17(22)16(26-18(21)23)8-11-5-6-14-15(7-11)25-10-24-14/h1-8,20H,9-10H2/b16-8-. The van der Waals surface area contributed by atoms with E-state index in [-0.39, 0.29) is 24.6 Å². The van der Waals surface area contributed by atoms with Crippen LogP contribution in [0.5, 0.6) is 11.5 Å². The maximum Gasteiger partial charge on any atom is 0.295 e. The monoisotopic (exact) mass is 388 g/mol. The topological polar surface area (TPSA) is 67.9 Å². The van der Waals surface area contributed by atoms with Crippen LogP contribution in [0.2, 0.25) is 5.02 Å². The molecule has 0 aromatic heterocycles. The van der Waals surface area contributed by atoms with Gasteiger partial charge in [-0.2, -0.15) is 0 Å². The lowest BCUT2D eigenvalue weighted by molar-refractivity contribution is -0.122. The van der Waals surface area contributed by atoms with Crippen molar-refractivity contribution in [3.05, 3.63) is 58.0 Å². The van der Waals surface area contributed by atoms with Crippen LogP contribution in [0.4, 0.5) is 10.5 Å². The number of para-hydroxylation sites is 1. The molecular weight excluding hydrogens is 376 g/mol. The number of fused-ring (bicyclic) bond motifs is 1. The largest absolute Gasteiger partial charge is 0.454 e. The van der Waals surface area contributed by atoms with Gasteiger partial charge in [-0.3, -0.25) is 14.5 Å². The van der Waals surface area contributed by atoms with Crippen molar-refractivity contribution in [2.45, 2.75) is 0 Å². The first-order valence-corrected chi connectivity index (χ1v) is 8.95. The van der Waals surface area contributed by atoms with Gasteiger partial charge in [-0.15, -0.1) is 0 Å². The van der Waals surface area contributed by atoms with Crippen molar-refractivity contribution in [1.82, 2.24) is 4.90 Å². The number of hydrogen-bond acceptors (Lipinski definition) is 6. The summed E-state index contributed by atoms with van der Waals surface area (Å²) in [5, 5.41) is 3.20. The van der Waals surface area contributed by atoms with Crippen molar-refractivity contribution >= 4 is 46.3 Å². The van der Waals surface area contributed by atoms with Crippen LogP contribution in [0.25, 0.3) is 6.08 Å². The van der Waals surface area contributed by atoms with Gasteiger partial charge in [0.2, 0.25) is 6.79 Å². The predicted octanol–water partition coefficient (Wildman–Crippen LogP) is 4.17. The average Bonchev–Trinajstić information content (AvgIpc) is 3.19. The number of carbonyl (C=O) groups is 2. The van der Waals surface area contributed by atoms with E-state index in [1.165, 1.54) is 0 Å².